The van der Waals surface area contributed by atoms with Crippen molar-refractivity contribution in [3.8, 4) is 0 Å². The fourth-order valence-electron chi connectivity index (χ4n) is 3.05. The van der Waals surface area contributed by atoms with E-state index in [-0.39, 0.29) is 6.09 Å². The number of unbranched alkanes of at least 4 members (excludes halogenated alkanes) is 3. The third-order valence-electron chi connectivity index (χ3n) is 4.24. The number of amides is 1. The predicted octanol–water partition coefficient (Wildman–Crippen LogP) is 3.97. The van der Waals surface area contributed by atoms with Crippen LogP contribution in [0.4, 0.5) is 4.79 Å². The molecule has 1 N–H and O–H groups in total. The van der Waals surface area contributed by atoms with Gasteiger partial charge in [-0.3, -0.25) is 0 Å². The first-order valence-electron chi connectivity index (χ1n) is 8.63. The molecule has 4 nitrogen and oxygen atoms in total. The summed E-state index contributed by atoms with van der Waals surface area (Å²) in [5, 5.41) is 3.44. The van der Waals surface area contributed by atoms with Gasteiger partial charge in [-0.2, -0.15) is 0 Å². The molecular formula is C18H34N2O2. The molecule has 0 saturated carbocycles. The molecule has 0 spiro atoms. The van der Waals surface area contributed by atoms with E-state index < -0.39 is 5.60 Å². The first kappa shape index (κ1) is 19.0. The number of carbonyl (C=O) groups excluding carboxylic acids is 1. The van der Waals surface area contributed by atoms with Crippen molar-refractivity contribution in [3.63, 3.8) is 0 Å². The molecule has 128 valence electrons. The SMILES string of the molecule is C=CCCCCCC(NC)C1CCN(C(=O)OC(C)(C)C)C1. The zero-order valence-electron chi connectivity index (χ0n) is 14.9. The number of hydrogen-bond acceptors (Lipinski definition) is 3. The topological polar surface area (TPSA) is 41.6 Å². The quantitative estimate of drug-likeness (QED) is 0.545. The van der Waals surface area contributed by atoms with Crippen LogP contribution >= 0.6 is 0 Å². The molecule has 1 aliphatic rings. The van der Waals surface area contributed by atoms with Crippen LogP contribution in [0.2, 0.25) is 0 Å². The van der Waals surface area contributed by atoms with Crippen molar-refractivity contribution in [1.29, 1.82) is 0 Å². The summed E-state index contributed by atoms with van der Waals surface area (Å²) < 4.78 is 5.47. The summed E-state index contributed by atoms with van der Waals surface area (Å²) in [7, 11) is 2.03. The van der Waals surface area contributed by atoms with Crippen molar-refractivity contribution in [3.05, 3.63) is 12.7 Å². The zero-order chi connectivity index (χ0) is 16.6. The standard InChI is InChI=1S/C18H34N2O2/c1-6-7-8-9-10-11-16(19-5)15-12-13-20(14-15)17(21)22-18(2,3)4/h6,15-16,19H,1,7-14H2,2-5H3. The van der Waals surface area contributed by atoms with Gasteiger partial charge in [0.1, 0.15) is 5.60 Å². The van der Waals surface area contributed by atoms with Gasteiger partial charge in [-0.05, 0) is 59.4 Å². The van der Waals surface area contributed by atoms with E-state index >= 15 is 0 Å². The Labute approximate surface area is 136 Å². The average molecular weight is 310 g/mol. The Balaban J connectivity index is 2.35. The summed E-state index contributed by atoms with van der Waals surface area (Å²) in [4.78, 5) is 14.0. The first-order valence-corrected chi connectivity index (χ1v) is 8.63. The minimum absolute atomic E-state index is 0.171. The van der Waals surface area contributed by atoms with Gasteiger partial charge in [0.2, 0.25) is 0 Å². The van der Waals surface area contributed by atoms with Crippen LogP contribution in [0.15, 0.2) is 12.7 Å². The first-order chi connectivity index (χ1) is 10.4. The summed E-state index contributed by atoms with van der Waals surface area (Å²) in [6.45, 7) is 11.1. The molecule has 0 aromatic rings. The molecule has 1 heterocycles. The van der Waals surface area contributed by atoms with Gasteiger partial charge in [-0.25, -0.2) is 4.79 Å². The van der Waals surface area contributed by atoms with Gasteiger partial charge in [0.05, 0.1) is 0 Å². The zero-order valence-corrected chi connectivity index (χ0v) is 14.9. The lowest BCUT2D eigenvalue weighted by molar-refractivity contribution is 0.0285. The van der Waals surface area contributed by atoms with E-state index in [1.54, 1.807) is 0 Å². The van der Waals surface area contributed by atoms with Crippen molar-refractivity contribution in [2.75, 3.05) is 20.1 Å². The van der Waals surface area contributed by atoms with E-state index in [1.165, 1.54) is 25.7 Å². The maximum Gasteiger partial charge on any atom is 0.410 e. The Morgan fingerprint density at radius 2 is 2.14 bits per heavy atom. The van der Waals surface area contributed by atoms with Crippen molar-refractivity contribution in [2.24, 2.45) is 5.92 Å². The highest BCUT2D eigenvalue weighted by molar-refractivity contribution is 5.68. The van der Waals surface area contributed by atoms with E-state index in [9.17, 15) is 4.79 Å². The third kappa shape index (κ3) is 6.82. The number of nitrogens with one attached hydrogen (secondary N) is 1. The number of ether oxygens (including phenoxy) is 1. The minimum Gasteiger partial charge on any atom is -0.444 e. The number of nitrogens with zero attached hydrogens (tertiary/aromatic N) is 1. The Morgan fingerprint density at radius 3 is 2.73 bits per heavy atom. The molecule has 0 aromatic carbocycles. The summed E-state index contributed by atoms with van der Waals surface area (Å²) in [6, 6.07) is 0.496. The summed E-state index contributed by atoms with van der Waals surface area (Å²) >= 11 is 0. The molecule has 1 aliphatic heterocycles. The third-order valence-corrected chi connectivity index (χ3v) is 4.24. The fraction of sp³-hybridized carbons (Fsp3) is 0.833. The smallest absolute Gasteiger partial charge is 0.410 e. The molecule has 1 amide bonds. The number of carbonyl (C=O) groups is 1. The van der Waals surface area contributed by atoms with Crippen molar-refractivity contribution in [1.82, 2.24) is 10.2 Å². The Hall–Kier alpha value is -1.03. The monoisotopic (exact) mass is 310 g/mol. The molecular weight excluding hydrogens is 276 g/mol. The maximum atomic E-state index is 12.1. The van der Waals surface area contributed by atoms with Crippen molar-refractivity contribution < 1.29 is 9.53 Å². The lowest BCUT2D eigenvalue weighted by Gasteiger charge is -2.26. The van der Waals surface area contributed by atoms with E-state index in [1.807, 2.05) is 38.8 Å². The lowest BCUT2D eigenvalue weighted by atomic mass is 9.94. The van der Waals surface area contributed by atoms with E-state index in [0.29, 0.717) is 12.0 Å². The number of allylic oxidation sites excluding steroid dienone is 1. The van der Waals surface area contributed by atoms with Gasteiger partial charge in [-0.1, -0.05) is 18.9 Å². The van der Waals surface area contributed by atoms with Gasteiger partial charge in [0.25, 0.3) is 0 Å². The molecule has 2 unspecified atom stereocenters. The fourth-order valence-corrected chi connectivity index (χ4v) is 3.05. The Kier molecular flexibility index (Phi) is 7.94. The Bertz CT molecular complexity index is 349. The van der Waals surface area contributed by atoms with Crippen molar-refractivity contribution in [2.45, 2.75) is 70.9 Å². The normalized spacial score (nSPS) is 20.0. The number of hydrogen-bond donors (Lipinski definition) is 1. The van der Waals surface area contributed by atoms with Crippen LogP contribution in [-0.4, -0.2) is 42.8 Å². The number of rotatable bonds is 8. The Morgan fingerprint density at radius 1 is 1.41 bits per heavy atom. The van der Waals surface area contributed by atoms with Crippen LogP contribution in [-0.2, 0) is 4.74 Å². The van der Waals surface area contributed by atoms with Crippen LogP contribution in [0, 0.1) is 5.92 Å². The van der Waals surface area contributed by atoms with Gasteiger partial charge < -0.3 is 15.0 Å². The highest BCUT2D eigenvalue weighted by Crippen LogP contribution is 2.24. The van der Waals surface area contributed by atoms with E-state index in [4.69, 9.17) is 4.74 Å². The predicted molar refractivity (Wildman–Crippen MR) is 92.0 cm³/mol. The second-order valence-corrected chi connectivity index (χ2v) is 7.30. The van der Waals surface area contributed by atoms with E-state index in [0.717, 1.165) is 25.9 Å². The second-order valence-electron chi connectivity index (χ2n) is 7.30. The van der Waals surface area contributed by atoms with Gasteiger partial charge in [-0.15, -0.1) is 6.58 Å². The van der Waals surface area contributed by atoms with Gasteiger partial charge in [0.15, 0.2) is 0 Å². The van der Waals surface area contributed by atoms with Gasteiger partial charge in [0, 0.05) is 19.1 Å². The molecule has 4 heteroatoms. The molecule has 1 fully saturated rings. The van der Waals surface area contributed by atoms with Crippen LogP contribution < -0.4 is 5.32 Å². The van der Waals surface area contributed by atoms with Crippen LogP contribution in [0.25, 0.3) is 0 Å². The number of likely N-dealkylation sites (tertiary alicyclic amines) is 1. The lowest BCUT2D eigenvalue weighted by Crippen LogP contribution is -2.38. The van der Waals surface area contributed by atoms with Gasteiger partial charge >= 0.3 is 6.09 Å². The maximum absolute atomic E-state index is 12.1. The van der Waals surface area contributed by atoms with E-state index in [2.05, 4.69) is 11.9 Å². The molecule has 0 radical (unpaired) electrons. The average Bonchev–Trinajstić information content (AvgIpc) is 2.91. The summed E-state index contributed by atoms with van der Waals surface area (Å²) in [5.74, 6) is 0.539. The minimum atomic E-state index is -0.414. The molecule has 1 rings (SSSR count). The van der Waals surface area contributed by atoms with Crippen LogP contribution in [0.1, 0.15) is 59.3 Å². The molecule has 0 bridgehead atoms. The molecule has 22 heavy (non-hydrogen) atoms. The molecule has 2 atom stereocenters. The van der Waals surface area contributed by atoms with Crippen molar-refractivity contribution >= 4 is 6.09 Å². The molecule has 0 aliphatic carbocycles. The molecule has 1 saturated heterocycles. The molecule has 0 aromatic heterocycles. The summed E-state index contributed by atoms with van der Waals surface area (Å²) in [6.07, 6.45) is 8.91. The highest BCUT2D eigenvalue weighted by Gasteiger charge is 2.33. The van der Waals surface area contributed by atoms with Crippen LogP contribution in [0.3, 0.4) is 0 Å². The second kappa shape index (κ2) is 9.19. The summed E-state index contributed by atoms with van der Waals surface area (Å²) in [5.41, 5.74) is -0.414. The largest absolute Gasteiger partial charge is 0.444 e. The van der Waals surface area contributed by atoms with Crippen LogP contribution in [0.5, 0.6) is 0 Å². The highest BCUT2D eigenvalue weighted by atomic mass is 16.6.